The Morgan fingerprint density at radius 3 is 2.88 bits per heavy atom. The summed E-state index contributed by atoms with van der Waals surface area (Å²) >= 11 is 0. The van der Waals surface area contributed by atoms with Gasteiger partial charge in [0.05, 0.1) is 0 Å². The van der Waals surface area contributed by atoms with Gasteiger partial charge in [-0.3, -0.25) is 4.79 Å². The van der Waals surface area contributed by atoms with Crippen LogP contribution in [0.25, 0.3) is 10.9 Å². The summed E-state index contributed by atoms with van der Waals surface area (Å²) in [5, 5.41) is 7.08. The molecule has 2 aromatic rings. The van der Waals surface area contributed by atoms with Crippen LogP contribution in [0.15, 0.2) is 30.3 Å². The average molecular weight is 231 g/mol. The molecule has 1 heterocycles. The van der Waals surface area contributed by atoms with E-state index in [1.165, 1.54) is 0 Å². The number of carbonyl (C=O) groups is 1. The molecule has 1 aromatic heterocycles. The van der Waals surface area contributed by atoms with Crippen molar-refractivity contribution >= 4 is 16.8 Å². The van der Waals surface area contributed by atoms with Gasteiger partial charge in [-0.25, -0.2) is 0 Å². The smallest absolute Gasteiger partial charge is 0.267 e. The van der Waals surface area contributed by atoms with Crippen molar-refractivity contribution in [2.45, 2.75) is 6.92 Å². The van der Waals surface area contributed by atoms with Gasteiger partial charge in [0.15, 0.2) is 0 Å². The van der Waals surface area contributed by atoms with Crippen LogP contribution in [0.2, 0.25) is 0 Å². The number of aromatic nitrogens is 1. The number of carbonyl (C=O) groups excluding carboxylic acids is 1. The lowest BCUT2D eigenvalue weighted by Gasteiger charge is -2.03. The highest BCUT2D eigenvalue weighted by Gasteiger charge is 2.07. The van der Waals surface area contributed by atoms with Gasteiger partial charge in [0.25, 0.3) is 5.91 Å². The first kappa shape index (κ1) is 11.7. The lowest BCUT2D eigenvalue weighted by Crippen LogP contribution is -2.31. The summed E-state index contributed by atoms with van der Waals surface area (Å²) in [6, 6.07) is 9.73. The second-order valence-electron chi connectivity index (χ2n) is 3.88. The van der Waals surface area contributed by atoms with Gasteiger partial charge in [-0.15, -0.1) is 0 Å². The molecule has 90 valence electrons. The van der Waals surface area contributed by atoms with Crippen LogP contribution in [0.1, 0.15) is 17.4 Å². The average Bonchev–Trinajstić information content (AvgIpc) is 2.78. The summed E-state index contributed by atoms with van der Waals surface area (Å²) in [5.74, 6) is -0.0564. The van der Waals surface area contributed by atoms with Crippen LogP contribution in [-0.4, -0.2) is 30.5 Å². The summed E-state index contributed by atoms with van der Waals surface area (Å²) < 4.78 is 0. The van der Waals surface area contributed by atoms with Crippen molar-refractivity contribution in [3.05, 3.63) is 36.0 Å². The van der Waals surface area contributed by atoms with Crippen LogP contribution < -0.4 is 10.6 Å². The minimum atomic E-state index is -0.0564. The van der Waals surface area contributed by atoms with Crippen molar-refractivity contribution in [2.75, 3.05) is 19.6 Å². The third-order valence-electron chi connectivity index (χ3n) is 2.61. The minimum absolute atomic E-state index is 0.0564. The molecule has 0 atom stereocenters. The molecule has 1 aromatic carbocycles. The molecule has 0 bridgehead atoms. The number of rotatable bonds is 5. The first-order valence-corrected chi connectivity index (χ1v) is 5.88. The highest BCUT2D eigenvalue weighted by atomic mass is 16.1. The van der Waals surface area contributed by atoms with E-state index in [0.29, 0.717) is 12.2 Å². The highest BCUT2D eigenvalue weighted by Crippen LogP contribution is 2.14. The third-order valence-corrected chi connectivity index (χ3v) is 2.61. The summed E-state index contributed by atoms with van der Waals surface area (Å²) in [6.45, 7) is 4.40. The molecule has 17 heavy (non-hydrogen) atoms. The van der Waals surface area contributed by atoms with E-state index in [9.17, 15) is 4.79 Å². The second kappa shape index (κ2) is 5.50. The molecule has 0 aliphatic rings. The summed E-state index contributed by atoms with van der Waals surface area (Å²) in [4.78, 5) is 14.9. The predicted octanol–water partition coefficient (Wildman–Crippen LogP) is 1.51. The Bertz CT molecular complexity index is 471. The molecule has 2 rings (SSSR count). The Balaban J connectivity index is 1.99. The van der Waals surface area contributed by atoms with E-state index in [1.807, 2.05) is 37.3 Å². The van der Waals surface area contributed by atoms with Crippen LogP contribution in [0.3, 0.4) is 0 Å². The number of amides is 1. The fourth-order valence-electron chi connectivity index (χ4n) is 1.73. The first-order valence-electron chi connectivity index (χ1n) is 5.88. The highest BCUT2D eigenvalue weighted by molar-refractivity contribution is 5.97. The number of benzene rings is 1. The molecule has 3 N–H and O–H groups in total. The van der Waals surface area contributed by atoms with E-state index in [-0.39, 0.29) is 5.91 Å². The largest absolute Gasteiger partial charge is 0.351 e. The Labute approximate surface area is 100 Å². The number of fused-ring (bicyclic) bond motifs is 1. The summed E-state index contributed by atoms with van der Waals surface area (Å²) in [5.41, 5.74) is 1.60. The number of hydrogen-bond donors (Lipinski definition) is 3. The molecule has 0 aliphatic carbocycles. The Hall–Kier alpha value is -1.81. The monoisotopic (exact) mass is 231 g/mol. The van der Waals surface area contributed by atoms with E-state index in [0.717, 1.165) is 24.0 Å². The molecule has 0 fully saturated rings. The van der Waals surface area contributed by atoms with Crippen molar-refractivity contribution in [3.8, 4) is 0 Å². The van der Waals surface area contributed by atoms with Crippen molar-refractivity contribution < 1.29 is 4.79 Å². The Kier molecular flexibility index (Phi) is 3.77. The molecule has 1 amide bonds. The van der Waals surface area contributed by atoms with Crippen molar-refractivity contribution in [3.63, 3.8) is 0 Å². The molecule has 0 aliphatic heterocycles. The van der Waals surface area contributed by atoms with Gasteiger partial charge in [-0.05, 0) is 18.7 Å². The van der Waals surface area contributed by atoms with Gasteiger partial charge >= 0.3 is 0 Å². The van der Waals surface area contributed by atoms with Crippen LogP contribution in [0, 0.1) is 0 Å². The number of nitrogens with one attached hydrogen (secondary N) is 3. The Morgan fingerprint density at radius 1 is 1.29 bits per heavy atom. The van der Waals surface area contributed by atoms with Gasteiger partial charge in [-0.2, -0.15) is 0 Å². The normalized spacial score (nSPS) is 10.6. The van der Waals surface area contributed by atoms with Crippen molar-refractivity contribution in [1.29, 1.82) is 0 Å². The van der Waals surface area contributed by atoms with Crippen LogP contribution in [0.4, 0.5) is 0 Å². The van der Waals surface area contributed by atoms with E-state index in [2.05, 4.69) is 15.6 Å². The topological polar surface area (TPSA) is 56.9 Å². The van der Waals surface area contributed by atoms with Gasteiger partial charge in [0, 0.05) is 24.0 Å². The van der Waals surface area contributed by atoms with Gasteiger partial charge in [-0.1, -0.05) is 25.1 Å². The van der Waals surface area contributed by atoms with Gasteiger partial charge in [0.2, 0.25) is 0 Å². The predicted molar refractivity (Wildman–Crippen MR) is 69.2 cm³/mol. The zero-order valence-corrected chi connectivity index (χ0v) is 9.92. The molecule has 4 nitrogen and oxygen atoms in total. The molecular formula is C13H17N3O. The summed E-state index contributed by atoms with van der Waals surface area (Å²) in [7, 11) is 0. The number of aromatic amines is 1. The maximum absolute atomic E-state index is 11.8. The van der Waals surface area contributed by atoms with Crippen LogP contribution in [-0.2, 0) is 0 Å². The molecule has 0 radical (unpaired) electrons. The standard InChI is InChI=1S/C13H17N3O/c1-2-14-7-8-15-13(17)12-9-10-5-3-4-6-11(10)16-12/h3-6,9,14,16H,2,7-8H2,1H3,(H,15,17). The maximum Gasteiger partial charge on any atom is 0.267 e. The molecule has 0 unspecified atom stereocenters. The van der Waals surface area contributed by atoms with Crippen LogP contribution >= 0.6 is 0 Å². The zero-order valence-electron chi connectivity index (χ0n) is 9.92. The third kappa shape index (κ3) is 2.85. The first-order chi connectivity index (χ1) is 8.31. The van der Waals surface area contributed by atoms with Gasteiger partial charge in [0.1, 0.15) is 5.69 Å². The number of H-pyrrole nitrogens is 1. The molecule has 0 saturated heterocycles. The van der Waals surface area contributed by atoms with E-state index < -0.39 is 0 Å². The second-order valence-corrected chi connectivity index (χ2v) is 3.88. The number of likely N-dealkylation sites (N-methyl/N-ethyl adjacent to an activating group) is 1. The van der Waals surface area contributed by atoms with Gasteiger partial charge < -0.3 is 15.6 Å². The fraction of sp³-hybridized carbons (Fsp3) is 0.308. The zero-order chi connectivity index (χ0) is 12.1. The molecule has 0 saturated carbocycles. The molecule has 0 spiro atoms. The maximum atomic E-state index is 11.8. The molecule has 4 heteroatoms. The number of para-hydroxylation sites is 1. The Morgan fingerprint density at radius 2 is 2.12 bits per heavy atom. The minimum Gasteiger partial charge on any atom is -0.351 e. The van der Waals surface area contributed by atoms with Crippen molar-refractivity contribution in [2.24, 2.45) is 0 Å². The van der Waals surface area contributed by atoms with E-state index >= 15 is 0 Å². The fourth-order valence-corrected chi connectivity index (χ4v) is 1.73. The lowest BCUT2D eigenvalue weighted by molar-refractivity contribution is 0.0950. The lowest BCUT2D eigenvalue weighted by atomic mass is 10.2. The van der Waals surface area contributed by atoms with Crippen LogP contribution in [0.5, 0.6) is 0 Å². The molecular weight excluding hydrogens is 214 g/mol. The summed E-state index contributed by atoms with van der Waals surface area (Å²) in [6.07, 6.45) is 0. The van der Waals surface area contributed by atoms with E-state index in [1.54, 1.807) is 0 Å². The number of hydrogen-bond acceptors (Lipinski definition) is 2. The van der Waals surface area contributed by atoms with Crippen molar-refractivity contribution in [1.82, 2.24) is 15.6 Å². The van der Waals surface area contributed by atoms with E-state index in [4.69, 9.17) is 0 Å². The quantitative estimate of drug-likeness (QED) is 0.683. The SMILES string of the molecule is CCNCCNC(=O)c1cc2ccccc2[nH]1.